The van der Waals surface area contributed by atoms with Crippen LogP contribution < -0.4 is 5.32 Å². The maximum Gasteiger partial charge on any atom is 0.248 e. The molecule has 1 unspecified atom stereocenters. The van der Waals surface area contributed by atoms with E-state index >= 15 is 0 Å². The maximum absolute atomic E-state index is 12.5. The van der Waals surface area contributed by atoms with E-state index in [1.165, 1.54) is 0 Å². The summed E-state index contributed by atoms with van der Waals surface area (Å²) in [5, 5.41) is 9.84. The van der Waals surface area contributed by atoms with Gasteiger partial charge in [0, 0.05) is 24.7 Å². The first-order valence-electron chi connectivity index (χ1n) is 7.67. The summed E-state index contributed by atoms with van der Waals surface area (Å²) >= 11 is 0. The zero-order chi connectivity index (χ0) is 15.4. The van der Waals surface area contributed by atoms with E-state index in [1.54, 1.807) is 4.90 Å². The Bertz CT molecular complexity index is 510. The van der Waals surface area contributed by atoms with Crippen molar-refractivity contribution in [3.63, 3.8) is 0 Å². The van der Waals surface area contributed by atoms with Crippen molar-refractivity contribution in [2.45, 2.75) is 52.5 Å². The molecular weight excluding hydrogens is 268 g/mol. The van der Waals surface area contributed by atoms with E-state index in [0.29, 0.717) is 18.8 Å². The van der Waals surface area contributed by atoms with Crippen LogP contribution >= 0.6 is 0 Å². The lowest BCUT2D eigenvalue weighted by Gasteiger charge is -2.29. The Labute approximate surface area is 125 Å². The van der Waals surface area contributed by atoms with Crippen LogP contribution in [-0.2, 0) is 16.0 Å². The Kier molecular flexibility index (Phi) is 4.98. The van der Waals surface area contributed by atoms with Crippen LogP contribution in [0.4, 0.5) is 5.82 Å². The fraction of sp³-hybridized carbons (Fsp3) is 0.667. The number of amides is 2. The average molecular weight is 292 g/mol. The van der Waals surface area contributed by atoms with Gasteiger partial charge in [-0.3, -0.25) is 14.7 Å². The second-order valence-electron chi connectivity index (χ2n) is 5.90. The van der Waals surface area contributed by atoms with Gasteiger partial charge in [-0.15, -0.1) is 0 Å². The molecular formula is C15H24N4O2. The molecule has 0 saturated carbocycles. The molecule has 1 atom stereocenters. The molecule has 6 nitrogen and oxygen atoms in total. The summed E-state index contributed by atoms with van der Waals surface area (Å²) in [4.78, 5) is 26.1. The minimum absolute atomic E-state index is 0.0672. The topological polar surface area (TPSA) is 78.1 Å². The van der Waals surface area contributed by atoms with Crippen LogP contribution in [-0.4, -0.2) is 39.5 Å². The summed E-state index contributed by atoms with van der Waals surface area (Å²) in [6.07, 6.45) is 3.30. The number of hydrogen-bond acceptors (Lipinski definition) is 3. The van der Waals surface area contributed by atoms with Crippen molar-refractivity contribution < 1.29 is 9.59 Å². The summed E-state index contributed by atoms with van der Waals surface area (Å²) in [5.41, 5.74) is 1.01. The molecule has 1 aliphatic heterocycles. The fourth-order valence-electron chi connectivity index (χ4n) is 2.79. The van der Waals surface area contributed by atoms with Crippen molar-refractivity contribution in [1.29, 1.82) is 0 Å². The van der Waals surface area contributed by atoms with Gasteiger partial charge in [-0.25, -0.2) is 0 Å². The Hall–Kier alpha value is -1.85. The number of likely N-dealkylation sites (tertiary alicyclic amines) is 1. The molecule has 1 aromatic heterocycles. The van der Waals surface area contributed by atoms with Crippen LogP contribution in [0.1, 0.15) is 45.7 Å². The van der Waals surface area contributed by atoms with Crippen molar-refractivity contribution in [3.8, 4) is 0 Å². The van der Waals surface area contributed by atoms with E-state index in [9.17, 15) is 9.59 Å². The normalized spacial score (nSPS) is 16.6. The lowest BCUT2D eigenvalue weighted by Crippen LogP contribution is -2.48. The van der Waals surface area contributed by atoms with Gasteiger partial charge in [0.1, 0.15) is 6.04 Å². The molecule has 1 aliphatic rings. The smallest absolute Gasteiger partial charge is 0.248 e. The van der Waals surface area contributed by atoms with E-state index in [4.69, 9.17) is 0 Å². The maximum atomic E-state index is 12.5. The Morgan fingerprint density at radius 3 is 2.86 bits per heavy atom. The highest BCUT2D eigenvalue weighted by atomic mass is 16.2. The predicted molar refractivity (Wildman–Crippen MR) is 80.8 cm³/mol. The Morgan fingerprint density at radius 1 is 1.52 bits per heavy atom. The van der Waals surface area contributed by atoms with Crippen molar-refractivity contribution in [3.05, 3.63) is 11.8 Å². The summed E-state index contributed by atoms with van der Waals surface area (Å²) in [6, 6.07) is 1.43. The van der Waals surface area contributed by atoms with Gasteiger partial charge in [-0.05, 0) is 18.8 Å². The highest BCUT2D eigenvalue weighted by Crippen LogP contribution is 2.20. The van der Waals surface area contributed by atoms with Crippen molar-refractivity contribution in [1.82, 2.24) is 15.1 Å². The van der Waals surface area contributed by atoms with Gasteiger partial charge in [0.25, 0.3) is 0 Å². The van der Waals surface area contributed by atoms with Crippen molar-refractivity contribution in [2.24, 2.45) is 5.92 Å². The third-order valence-electron chi connectivity index (χ3n) is 3.75. The Balaban J connectivity index is 2.06. The van der Waals surface area contributed by atoms with Crippen LogP contribution in [0.25, 0.3) is 0 Å². The number of carbonyl (C=O) groups excluding carboxylic acids is 2. The molecule has 21 heavy (non-hydrogen) atoms. The summed E-state index contributed by atoms with van der Waals surface area (Å²) in [5.74, 6) is 0.509. The first kappa shape index (κ1) is 15.5. The van der Waals surface area contributed by atoms with Gasteiger partial charge < -0.3 is 10.2 Å². The van der Waals surface area contributed by atoms with Gasteiger partial charge >= 0.3 is 0 Å². The summed E-state index contributed by atoms with van der Waals surface area (Å²) < 4.78 is 0. The number of anilines is 1. The van der Waals surface area contributed by atoms with Crippen LogP contribution in [0, 0.1) is 5.92 Å². The van der Waals surface area contributed by atoms with Gasteiger partial charge in [0.2, 0.25) is 11.8 Å². The van der Waals surface area contributed by atoms with E-state index in [0.717, 1.165) is 25.0 Å². The molecule has 0 aromatic carbocycles. The molecule has 116 valence electrons. The molecule has 2 rings (SSSR count). The van der Waals surface area contributed by atoms with E-state index in [1.807, 2.05) is 19.9 Å². The minimum atomic E-state index is -0.425. The molecule has 2 amide bonds. The number of nitrogens with zero attached hydrogens (tertiary/aromatic N) is 2. The van der Waals surface area contributed by atoms with Gasteiger partial charge in [0.15, 0.2) is 5.82 Å². The van der Waals surface area contributed by atoms with Crippen molar-refractivity contribution >= 4 is 17.6 Å². The molecule has 2 N–H and O–H groups in total. The predicted octanol–water partition coefficient (Wildman–Crippen LogP) is 1.95. The van der Waals surface area contributed by atoms with Gasteiger partial charge in [-0.1, -0.05) is 27.2 Å². The number of aromatic nitrogens is 2. The number of H-pyrrole nitrogens is 1. The molecule has 0 radical (unpaired) electrons. The largest absolute Gasteiger partial charge is 0.330 e. The van der Waals surface area contributed by atoms with E-state index < -0.39 is 6.04 Å². The first-order valence-corrected chi connectivity index (χ1v) is 7.67. The fourth-order valence-corrected chi connectivity index (χ4v) is 2.79. The number of rotatable bonds is 6. The summed E-state index contributed by atoms with van der Waals surface area (Å²) in [6.45, 7) is 6.68. The highest BCUT2D eigenvalue weighted by Gasteiger charge is 2.35. The monoisotopic (exact) mass is 292 g/mol. The standard InChI is InChI=1S/C15H24N4O2/c1-4-6-11-9-12(18-17-11)16-15(21)14(10(2)3)19-8-5-7-13(19)20/h9-10,14H,4-8H2,1-3H3,(H2,16,17,18,21). The van der Waals surface area contributed by atoms with Crippen LogP contribution in [0.3, 0.4) is 0 Å². The van der Waals surface area contributed by atoms with Crippen LogP contribution in [0.5, 0.6) is 0 Å². The van der Waals surface area contributed by atoms with Crippen LogP contribution in [0.2, 0.25) is 0 Å². The van der Waals surface area contributed by atoms with Gasteiger partial charge in [-0.2, -0.15) is 5.10 Å². The minimum Gasteiger partial charge on any atom is -0.330 e. The average Bonchev–Trinajstić information content (AvgIpc) is 3.00. The first-order chi connectivity index (χ1) is 10.0. The van der Waals surface area contributed by atoms with E-state index in [2.05, 4.69) is 22.4 Å². The second kappa shape index (κ2) is 6.74. The molecule has 1 aromatic rings. The Morgan fingerprint density at radius 2 is 2.29 bits per heavy atom. The number of carbonyl (C=O) groups is 2. The van der Waals surface area contributed by atoms with Gasteiger partial charge in [0.05, 0.1) is 0 Å². The number of aryl methyl sites for hydroxylation is 1. The highest BCUT2D eigenvalue weighted by molar-refractivity contribution is 5.97. The number of hydrogen-bond donors (Lipinski definition) is 2. The molecule has 1 fully saturated rings. The lowest BCUT2D eigenvalue weighted by atomic mass is 10.0. The number of nitrogens with one attached hydrogen (secondary N) is 2. The molecule has 0 bridgehead atoms. The summed E-state index contributed by atoms with van der Waals surface area (Å²) in [7, 11) is 0. The van der Waals surface area contributed by atoms with Crippen molar-refractivity contribution in [2.75, 3.05) is 11.9 Å². The molecule has 0 aliphatic carbocycles. The molecule has 1 saturated heterocycles. The SMILES string of the molecule is CCCc1cc(NC(=O)C(C(C)C)N2CCCC2=O)n[nH]1. The zero-order valence-corrected chi connectivity index (χ0v) is 13.0. The third kappa shape index (κ3) is 3.62. The zero-order valence-electron chi connectivity index (χ0n) is 13.0. The quantitative estimate of drug-likeness (QED) is 0.841. The lowest BCUT2D eigenvalue weighted by molar-refractivity contribution is -0.136. The molecule has 2 heterocycles. The van der Waals surface area contributed by atoms with Crippen LogP contribution in [0.15, 0.2) is 6.07 Å². The third-order valence-corrected chi connectivity index (χ3v) is 3.75. The molecule has 6 heteroatoms. The molecule has 0 spiro atoms. The number of aromatic amines is 1. The second-order valence-corrected chi connectivity index (χ2v) is 5.90. The van der Waals surface area contributed by atoms with E-state index in [-0.39, 0.29) is 17.7 Å².